The van der Waals surface area contributed by atoms with Crippen LogP contribution >= 0.6 is 0 Å². The third-order valence-electron chi connectivity index (χ3n) is 4.87. The van der Waals surface area contributed by atoms with E-state index >= 15 is 0 Å². The van der Waals surface area contributed by atoms with Gasteiger partial charge in [0, 0.05) is 18.5 Å². The summed E-state index contributed by atoms with van der Waals surface area (Å²) >= 11 is 0. The number of aryl methyl sites for hydroxylation is 2. The first-order valence-electron chi connectivity index (χ1n) is 8.72. The second kappa shape index (κ2) is 7.47. The maximum atomic E-state index is 9.51. The minimum Gasteiger partial charge on any atom is -0.460 e. The number of rotatable bonds is 6. The Morgan fingerprint density at radius 3 is 2.70 bits per heavy atom. The van der Waals surface area contributed by atoms with Gasteiger partial charge in [-0.15, -0.1) is 0 Å². The fraction of sp³-hybridized carbons (Fsp3) is 0.579. The monoisotopic (exact) mass is 316 g/mol. The molecule has 2 N–H and O–H groups in total. The van der Waals surface area contributed by atoms with Gasteiger partial charge in [0.1, 0.15) is 11.3 Å². The number of aliphatic hydroxyl groups is 1. The Bertz CT molecular complexity index is 603. The van der Waals surface area contributed by atoms with Crippen LogP contribution in [0.1, 0.15) is 36.1 Å². The summed E-state index contributed by atoms with van der Waals surface area (Å²) in [6.45, 7) is 9.21. The Balaban J connectivity index is 1.40. The third-order valence-corrected chi connectivity index (χ3v) is 4.87. The van der Waals surface area contributed by atoms with Crippen molar-refractivity contribution < 1.29 is 9.52 Å². The van der Waals surface area contributed by atoms with Crippen LogP contribution in [-0.4, -0.2) is 42.3 Å². The number of furan rings is 1. The van der Waals surface area contributed by atoms with Gasteiger partial charge in [-0.25, -0.2) is 0 Å². The number of nitrogens with zero attached hydrogens (tertiary/aromatic N) is 1. The molecule has 23 heavy (non-hydrogen) atoms. The topological polar surface area (TPSA) is 48.6 Å². The number of piperidine rings is 1. The first-order chi connectivity index (χ1) is 11.1. The lowest BCUT2D eigenvalue weighted by atomic mass is 10.1. The van der Waals surface area contributed by atoms with Crippen molar-refractivity contribution in [2.24, 2.45) is 0 Å². The van der Waals surface area contributed by atoms with Crippen LogP contribution in [0, 0.1) is 13.8 Å². The van der Waals surface area contributed by atoms with Gasteiger partial charge in [-0.1, -0.05) is 0 Å². The number of likely N-dealkylation sites (tertiary alicyclic amines) is 1. The number of nitrogens with one attached hydrogen (secondary N) is 1. The van der Waals surface area contributed by atoms with Crippen LogP contribution in [0.2, 0.25) is 0 Å². The summed E-state index contributed by atoms with van der Waals surface area (Å²) in [7, 11) is 0. The lowest BCUT2D eigenvalue weighted by Gasteiger charge is -2.29. The highest BCUT2D eigenvalue weighted by atomic mass is 16.3. The van der Waals surface area contributed by atoms with Gasteiger partial charge in [-0.2, -0.15) is 0 Å². The number of aliphatic hydroxyl groups excluding tert-OH is 1. The average molecular weight is 316 g/mol. The van der Waals surface area contributed by atoms with Crippen LogP contribution in [-0.2, 0) is 6.54 Å². The molecule has 1 saturated heterocycles. The van der Waals surface area contributed by atoms with E-state index in [9.17, 15) is 5.11 Å². The van der Waals surface area contributed by atoms with E-state index in [1.54, 1.807) is 0 Å². The Hall–Kier alpha value is -1.36. The van der Waals surface area contributed by atoms with Crippen LogP contribution in [0.4, 0.5) is 0 Å². The molecule has 2 heterocycles. The lowest BCUT2D eigenvalue weighted by molar-refractivity contribution is 0.0821. The molecule has 126 valence electrons. The smallest absolute Gasteiger partial charge is 0.134 e. The molecule has 0 saturated carbocycles. The Labute approximate surface area is 138 Å². The highest BCUT2D eigenvalue weighted by Crippen LogP contribution is 2.23. The normalized spacial score (nSPS) is 17.2. The molecule has 2 aromatic rings. The summed E-state index contributed by atoms with van der Waals surface area (Å²) in [4.78, 5) is 2.45. The maximum absolute atomic E-state index is 9.51. The highest BCUT2D eigenvalue weighted by molar-refractivity contribution is 5.79. The van der Waals surface area contributed by atoms with Gasteiger partial charge in [0.05, 0.1) is 12.6 Å². The van der Waals surface area contributed by atoms with Crippen molar-refractivity contribution in [1.82, 2.24) is 10.2 Å². The van der Waals surface area contributed by atoms with Crippen LogP contribution in [0.5, 0.6) is 0 Å². The van der Waals surface area contributed by atoms with Gasteiger partial charge in [0.15, 0.2) is 0 Å². The van der Waals surface area contributed by atoms with Gasteiger partial charge in [-0.3, -0.25) is 0 Å². The Morgan fingerprint density at radius 1 is 1.17 bits per heavy atom. The van der Waals surface area contributed by atoms with Crippen molar-refractivity contribution in [1.29, 1.82) is 0 Å². The highest BCUT2D eigenvalue weighted by Gasteiger charge is 2.15. The molecule has 1 fully saturated rings. The summed E-state index contributed by atoms with van der Waals surface area (Å²) in [6, 6.07) is 6.46. The van der Waals surface area contributed by atoms with Gasteiger partial charge in [0.2, 0.25) is 0 Å². The molecule has 0 atom stereocenters. The van der Waals surface area contributed by atoms with Crippen molar-refractivity contribution in [3.63, 3.8) is 0 Å². The first-order valence-corrected chi connectivity index (χ1v) is 8.72. The summed E-state index contributed by atoms with van der Waals surface area (Å²) in [5.74, 6) is 1.01. The SMILES string of the molecule is Cc1cc2cc(CNCCCN3CCC(O)CC3)oc2cc1C. The summed E-state index contributed by atoms with van der Waals surface area (Å²) in [6.07, 6.45) is 2.90. The molecule has 0 radical (unpaired) electrons. The quantitative estimate of drug-likeness (QED) is 0.805. The van der Waals surface area contributed by atoms with Crippen LogP contribution in [0.3, 0.4) is 0 Å². The molecule has 0 amide bonds. The van der Waals surface area contributed by atoms with E-state index in [1.807, 2.05) is 0 Å². The zero-order valence-corrected chi connectivity index (χ0v) is 14.3. The molecule has 4 nitrogen and oxygen atoms in total. The predicted octanol–water partition coefficient (Wildman–Crippen LogP) is 2.99. The van der Waals surface area contributed by atoms with E-state index in [-0.39, 0.29) is 6.10 Å². The number of fused-ring (bicyclic) bond motifs is 1. The molecule has 1 aliphatic rings. The molecule has 1 aliphatic heterocycles. The van der Waals surface area contributed by atoms with E-state index < -0.39 is 0 Å². The van der Waals surface area contributed by atoms with Crippen LogP contribution in [0.15, 0.2) is 22.6 Å². The molecule has 1 aromatic carbocycles. The Morgan fingerprint density at radius 2 is 1.91 bits per heavy atom. The number of hydrogen-bond donors (Lipinski definition) is 2. The maximum Gasteiger partial charge on any atom is 0.134 e. The molecule has 0 aliphatic carbocycles. The predicted molar refractivity (Wildman–Crippen MR) is 93.7 cm³/mol. The largest absolute Gasteiger partial charge is 0.460 e. The fourth-order valence-electron chi connectivity index (χ4n) is 3.23. The van der Waals surface area contributed by atoms with Crippen LogP contribution < -0.4 is 5.32 Å². The van der Waals surface area contributed by atoms with Crippen molar-refractivity contribution in [3.8, 4) is 0 Å². The van der Waals surface area contributed by atoms with Crippen molar-refractivity contribution in [2.75, 3.05) is 26.2 Å². The van der Waals surface area contributed by atoms with E-state index in [1.165, 1.54) is 16.5 Å². The molecule has 0 bridgehead atoms. The molecule has 0 unspecified atom stereocenters. The summed E-state index contributed by atoms with van der Waals surface area (Å²) < 4.78 is 5.91. The molecule has 0 spiro atoms. The molecular weight excluding hydrogens is 288 g/mol. The lowest BCUT2D eigenvalue weighted by Crippen LogP contribution is -2.37. The molecular formula is C19H28N2O2. The van der Waals surface area contributed by atoms with Gasteiger partial charge in [0.25, 0.3) is 0 Å². The van der Waals surface area contributed by atoms with Crippen molar-refractivity contribution in [3.05, 3.63) is 35.1 Å². The van der Waals surface area contributed by atoms with Crippen molar-refractivity contribution >= 4 is 11.0 Å². The van der Waals surface area contributed by atoms with E-state index in [0.29, 0.717) is 0 Å². The second-order valence-electron chi connectivity index (χ2n) is 6.79. The van der Waals surface area contributed by atoms with Crippen LogP contribution in [0.25, 0.3) is 11.0 Å². The van der Waals surface area contributed by atoms with Crippen molar-refractivity contribution in [2.45, 2.75) is 45.8 Å². The molecule has 4 heteroatoms. The van der Waals surface area contributed by atoms with E-state index in [2.05, 4.69) is 42.3 Å². The van der Waals surface area contributed by atoms with Gasteiger partial charge < -0.3 is 19.7 Å². The average Bonchev–Trinajstić information content (AvgIpc) is 2.91. The summed E-state index contributed by atoms with van der Waals surface area (Å²) in [5.41, 5.74) is 3.57. The Kier molecular flexibility index (Phi) is 5.36. The standard InChI is InChI=1S/C19H28N2O2/c1-14-10-16-12-18(23-19(16)11-15(14)2)13-20-6-3-7-21-8-4-17(22)5-9-21/h10-12,17,20,22H,3-9,13H2,1-2H3. The number of benzene rings is 1. The fourth-order valence-corrected chi connectivity index (χ4v) is 3.23. The minimum atomic E-state index is -0.0790. The second-order valence-corrected chi connectivity index (χ2v) is 6.79. The first kappa shape index (κ1) is 16.5. The number of hydrogen-bond acceptors (Lipinski definition) is 4. The zero-order valence-electron chi connectivity index (χ0n) is 14.3. The van der Waals surface area contributed by atoms with Gasteiger partial charge in [-0.05, 0) is 75.5 Å². The zero-order chi connectivity index (χ0) is 16.2. The van der Waals surface area contributed by atoms with E-state index in [0.717, 1.165) is 63.3 Å². The summed E-state index contributed by atoms with van der Waals surface area (Å²) in [5, 5.41) is 14.2. The third kappa shape index (κ3) is 4.34. The van der Waals surface area contributed by atoms with E-state index in [4.69, 9.17) is 4.42 Å². The molecule has 1 aromatic heterocycles. The molecule has 3 rings (SSSR count). The van der Waals surface area contributed by atoms with Gasteiger partial charge >= 0.3 is 0 Å². The minimum absolute atomic E-state index is 0.0790.